The average molecular weight is 395 g/mol. The van der Waals surface area contributed by atoms with Gasteiger partial charge in [-0.25, -0.2) is 4.68 Å². The van der Waals surface area contributed by atoms with Crippen LogP contribution in [0.1, 0.15) is 59.8 Å². The van der Waals surface area contributed by atoms with Crippen LogP contribution in [0, 0.1) is 0 Å². The zero-order valence-electron chi connectivity index (χ0n) is 15.4. The molecular weight excluding hydrogens is 374 g/mol. The number of aryl methyl sites for hydroxylation is 2. The van der Waals surface area contributed by atoms with Gasteiger partial charge >= 0.3 is 0 Å². The van der Waals surface area contributed by atoms with Crippen molar-refractivity contribution in [3.63, 3.8) is 0 Å². The summed E-state index contributed by atoms with van der Waals surface area (Å²) in [5.41, 5.74) is 4.39. The van der Waals surface area contributed by atoms with E-state index >= 15 is 0 Å². The lowest BCUT2D eigenvalue weighted by Crippen LogP contribution is -2.39. The molecule has 2 heterocycles. The molecular formula is C20H21N5O2S. The summed E-state index contributed by atoms with van der Waals surface area (Å²) in [4.78, 5) is 25.0. The number of nitrogens with one attached hydrogen (secondary N) is 1. The van der Waals surface area contributed by atoms with Crippen molar-refractivity contribution in [3.8, 4) is 0 Å². The Morgan fingerprint density at radius 1 is 1.07 bits per heavy atom. The van der Waals surface area contributed by atoms with E-state index in [0.717, 1.165) is 79.0 Å². The standard InChI is InChI=1S/C20H21N5O2S/c26-19-11-12-2-1-3-16(12)22-25(19)15-7-5-14(6-8-15)21-20(27)13-4-9-17-18(10-13)24-28-23-17/h4,9-11,14-15H,1-3,5-8H2,(H,21,27). The highest BCUT2D eigenvalue weighted by molar-refractivity contribution is 7.00. The zero-order chi connectivity index (χ0) is 19.1. The summed E-state index contributed by atoms with van der Waals surface area (Å²) in [7, 11) is 0. The van der Waals surface area contributed by atoms with Crippen LogP contribution < -0.4 is 10.9 Å². The lowest BCUT2D eigenvalue weighted by Gasteiger charge is -2.29. The Bertz CT molecular complexity index is 1100. The summed E-state index contributed by atoms with van der Waals surface area (Å²) in [5.74, 6) is -0.0776. The van der Waals surface area contributed by atoms with E-state index in [9.17, 15) is 9.59 Å². The van der Waals surface area contributed by atoms with E-state index in [1.165, 1.54) is 0 Å². The first-order valence-corrected chi connectivity index (χ1v) is 10.6. The first-order chi connectivity index (χ1) is 13.7. The zero-order valence-corrected chi connectivity index (χ0v) is 16.2. The van der Waals surface area contributed by atoms with E-state index in [1.54, 1.807) is 22.9 Å². The largest absolute Gasteiger partial charge is 0.349 e. The van der Waals surface area contributed by atoms with Crippen molar-refractivity contribution in [1.82, 2.24) is 23.8 Å². The molecule has 144 valence electrons. The van der Waals surface area contributed by atoms with Gasteiger partial charge in [0.05, 0.1) is 23.5 Å². The van der Waals surface area contributed by atoms with Gasteiger partial charge in [0, 0.05) is 17.7 Å². The van der Waals surface area contributed by atoms with Crippen molar-refractivity contribution in [1.29, 1.82) is 0 Å². The van der Waals surface area contributed by atoms with Crippen molar-refractivity contribution in [3.05, 3.63) is 51.4 Å². The van der Waals surface area contributed by atoms with E-state index in [0.29, 0.717) is 5.56 Å². The van der Waals surface area contributed by atoms with Gasteiger partial charge in [0.25, 0.3) is 11.5 Å². The predicted molar refractivity (Wildman–Crippen MR) is 107 cm³/mol. The third kappa shape index (κ3) is 3.22. The Balaban J connectivity index is 1.23. The normalized spacial score (nSPS) is 21.6. The van der Waals surface area contributed by atoms with Gasteiger partial charge in [-0.2, -0.15) is 13.8 Å². The van der Waals surface area contributed by atoms with Gasteiger partial charge in [-0.15, -0.1) is 0 Å². The maximum Gasteiger partial charge on any atom is 0.267 e. The third-order valence-corrected chi connectivity index (χ3v) is 6.43. The molecule has 8 heteroatoms. The van der Waals surface area contributed by atoms with Crippen LogP contribution in [0.3, 0.4) is 0 Å². The molecule has 0 aliphatic heterocycles. The van der Waals surface area contributed by atoms with Gasteiger partial charge in [-0.3, -0.25) is 9.59 Å². The van der Waals surface area contributed by atoms with E-state index < -0.39 is 0 Å². The molecule has 0 unspecified atom stereocenters. The molecule has 3 aromatic rings. The predicted octanol–water partition coefficient (Wildman–Crippen LogP) is 2.65. The molecule has 2 aliphatic carbocycles. The molecule has 1 aromatic carbocycles. The van der Waals surface area contributed by atoms with Crippen LogP contribution in [-0.2, 0) is 12.8 Å². The molecule has 2 aromatic heterocycles. The minimum absolute atomic E-state index is 0.0123. The van der Waals surface area contributed by atoms with Gasteiger partial charge in [0.2, 0.25) is 0 Å². The van der Waals surface area contributed by atoms with E-state index in [2.05, 4.69) is 19.2 Å². The Kier molecular flexibility index (Phi) is 4.43. The fourth-order valence-electron chi connectivity index (χ4n) is 4.33. The number of fused-ring (bicyclic) bond motifs is 2. The summed E-state index contributed by atoms with van der Waals surface area (Å²) in [6.45, 7) is 0. The molecule has 1 N–H and O–H groups in total. The molecule has 28 heavy (non-hydrogen) atoms. The Hall–Kier alpha value is -2.61. The van der Waals surface area contributed by atoms with E-state index in [4.69, 9.17) is 0 Å². The number of rotatable bonds is 3. The highest BCUT2D eigenvalue weighted by atomic mass is 32.1. The summed E-state index contributed by atoms with van der Waals surface area (Å²) in [6.07, 6.45) is 6.44. The lowest BCUT2D eigenvalue weighted by molar-refractivity contribution is 0.0921. The number of hydrogen-bond acceptors (Lipinski definition) is 6. The summed E-state index contributed by atoms with van der Waals surface area (Å²) in [5, 5.41) is 7.77. The molecule has 0 saturated heterocycles. The number of carbonyl (C=O) groups excluding carboxylic acids is 1. The van der Waals surface area contributed by atoms with Crippen LogP contribution in [-0.4, -0.2) is 30.5 Å². The number of benzene rings is 1. The minimum Gasteiger partial charge on any atom is -0.349 e. The molecule has 1 amide bonds. The second-order valence-electron chi connectivity index (χ2n) is 7.70. The monoisotopic (exact) mass is 395 g/mol. The van der Waals surface area contributed by atoms with Crippen molar-refractivity contribution in [2.45, 2.75) is 57.0 Å². The van der Waals surface area contributed by atoms with Crippen LogP contribution in [0.25, 0.3) is 11.0 Å². The number of aromatic nitrogens is 4. The first kappa shape index (κ1) is 17.5. The van der Waals surface area contributed by atoms with Crippen molar-refractivity contribution < 1.29 is 4.79 Å². The van der Waals surface area contributed by atoms with Crippen molar-refractivity contribution in [2.75, 3.05) is 0 Å². The van der Waals surface area contributed by atoms with Gasteiger partial charge in [-0.1, -0.05) is 0 Å². The third-order valence-electron chi connectivity index (χ3n) is 5.88. The smallest absolute Gasteiger partial charge is 0.267 e. The maximum absolute atomic E-state index is 12.6. The molecule has 1 fully saturated rings. The van der Waals surface area contributed by atoms with Gasteiger partial charge in [0.1, 0.15) is 11.0 Å². The SMILES string of the molecule is O=C(NC1CCC(n2nc3c(cc2=O)CCC3)CC1)c1ccc2nsnc2c1. The first-order valence-electron chi connectivity index (χ1n) is 9.82. The van der Waals surface area contributed by atoms with E-state index in [-0.39, 0.29) is 23.6 Å². The lowest BCUT2D eigenvalue weighted by atomic mass is 9.91. The quantitative estimate of drug-likeness (QED) is 0.736. The highest BCUT2D eigenvalue weighted by Crippen LogP contribution is 2.28. The van der Waals surface area contributed by atoms with Crippen LogP contribution >= 0.6 is 11.7 Å². The number of carbonyl (C=O) groups is 1. The second kappa shape index (κ2) is 7.09. The Labute approximate surface area is 166 Å². The fourth-order valence-corrected chi connectivity index (χ4v) is 4.85. The van der Waals surface area contributed by atoms with Crippen molar-refractivity contribution >= 4 is 28.7 Å². The topological polar surface area (TPSA) is 89.8 Å². The minimum atomic E-state index is -0.0776. The van der Waals surface area contributed by atoms with E-state index in [1.807, 2.05) is 6.07 Å². The number of hydrogen-bond donors (Lipinski definition) is 1. The number of nitrogens with zero attached hydrogens (tertiary/aromatic N) is 4. The summed E-state index contributed by atoms with van der Waals surface area (Å²) >= 11 is 1.15. The molecule has 0 spiro atoms. The Morgan fingerprint density at radius 3 is 2.75 bits per heavy atom. The second-order valence-corrected chi connectivity index (χ2v) is 8.23. The van der Waals surface area contributed by atoms with Crippen LogP contribution in [0.15, 0.2) is 29.1 Å². The number of amides is 1. The average Bonchev–Trinajstić information content (AvgIpc) is 3.36. The van der Waals surface area contributed by atoms with Crippen molar-refractivity contribution in [2.24, 2.45) is 0 Å². The fraction of sp³-hybridized carbons (Fsp3) is 0.450. The molecule has 0 radical (unpaired) electrons. The molecule has 0 atom stereocenters. The van der Waals surface area contributed by atoms with Gasteiger partial charge in [0.15, 0.2) is 0 Å². The highest BCUT2D eigenvalue weighted by Gasteiger charge is 2.26. The summed E-state index contributed by atoms with van der Waals surface area (Å²) in [6, 6.07) is 7.43. The van der Waals surface area contributed by atoms with Gasteiger partial charge in [-0.05, 0) is 68.7 Å². The molecule has 5 rings (SSSR count). The van der Waals surface area contributed by atoms with Crippen LogP contribution in [0.4, 0.5) is 0 Å². The van der Waals surface area contributed by atoms with Gasteiger partial charge < -0.3 is 5.32 Å². The Morgan fingerprint density at radius 2 is 1.89 bits per heavy atom. The molecule has 2 aliphatic rings. The maximum atomic E-state index is 12.6. The van der Waals surface area contributed by atoms with Crippen LogP contribution in [0.5, 0.6) is 0 Å². The summed E-state index contributed by atoms with van der Waals surface area (Å²) < 4.78 is 10.0. The molecule has 7 nitrogen and oxygen atoms in total. The molecule has 0 bridgehead atoms. The van der Waals surface area contributed by atoms with Crippen LogP contribution in [0.2, 0.25) is 0 Å². The molecule has 1 saturated carbocycles.